The molecule has 1 aliphatic heterocycles. The molecule has 1 aromatic carbocycles. The summed E-state index contributed by atoms with van der Waals surface area (Å²) in [6.07, 6.45) is 1.68. The van der Waals surface area contributed by atoms with Gasteiger partial charge in [0.2, 0.25) is 10.0 Å². The van der Waals surface area contributed by atoms with E-state index in [-0.39, 0.29) is 5.25 Å². The minimum atomic E-state index is -3.00. The van der Waals surface area contributed by atoms with E-state index in [9.17, 15) is 8.42 Å². The topological polar surface area (TPSA) is 40.6 Å². The maximum Gasteiger partial charge on any atom is 0.217 e. The van der Waals surface area contributed by atoms with Gasteiger partial charge in [-0.05, 0) is 30.5 Å². The SMILES string of the molecule is O=S(=O)(C1CC1)N1CCN(Cc2ccc(Cl)cc2)CC1. The summed E-state index contributed by atoms with van der Waals surface area (Å²) in [5, 5.41) is 0.652. The minimum Gasteiger partial charge on any atom is -0.296 e. The molecule has 0 N–H and O–H groups in total. The van der Waals surface area contributed by atoms with Crippen LogP contribution in [0.15, 0.2) is 24.3 Å². The van der Waals surface area contributed by atoms with Gasteiger partial charge < -0.3 is 0 Å². The largest absolute Gasteiger partial charge is 0.296 e. The molecule has 3 rings (SSSR count). The van der Waals surface area contributed by atoms with Crippen molar-refractivity contribution >= 4 is 21.6 Å². The van der Waals surface area contributed by atoms with Gasteiger partial charge in [-0.15, -0.1) is 0 Å². The van der Waals surface area contributed by atoms with E-state index in [0.717, 1.165) is 37.5 Å². The maximum atomic E-state index is 12.1. The number of hydrogen-bond donors (Lipinski definition) is 0. The quantitative estimate of drug-likeness (QED) is 0.853. The van der Waals surface area contributed by atoms with Crippen LogP contribution in [0.5, 0.6) is 0 Å². The number of sulfonamides is 1. The molecule has 1 saturated carbocycles. The van der Waals surface area contributed by atoms with Crippen LogP contribution in [0, 0.1) is 0 Å². The van der Waals surface area contributed by atoms with Crippen molar-refractivity contribution in [2.45, 2.75) is 24.6 Å². The summed E-state index contributed by atoms with van der Waals surface area (Å²) in [5.41, 5.74) is 1.22. The Kier molecular flexibility index (Phi) is 4.04. The van der Waals surface area contributed by atoms with E-state index in [0.29, 0.717) is 13.1 Å². The Morgan fingerprint density at radius 3 is 2.20 bits per heavy atom. The first kappa shape index (κ1) is 14.3. The van der Waals surface area contributed by atoms with Gasteiger partial charge >= 0.3 is 0 Å². The highest BCUT2D eigenvalue weighted by molar-refractivity contribution is 7.90. The minimum absolute atomic E-state index is 0.0923. The van der Waals surface area contributed by atoms with Crippen LogP contribution in [0.3, 0.4) is 0 Å². The van der Waals surface area contributed by atoms with Crippen molar-refractivity contribution in [1.29, 1.82) is 0 Å². The van der Waals surface area contributed by atoms with Gasteiger partial charge in [0.1, 0.15) is 0 Å². The molecule has 6 heteroatoms. The van der Waals surface area contributed by atoms with Crippen LogP contribution in [-0.2, 0) is 16.6 Å². The van der Waals surface area contributed by atoms with Gasteiger partial charge in [-0.2, -0.15) is 4.31 Å². The first-order valence-corrected chi connectivity index (χ1v) is 8.89. The third-order valence-corrected chi connectivity index (χ3v) is 6.61. The molecule has 2 fully saturated rings. The van der Waals surface area contributed by atoms with E-state index >= 15 is 0 Å². The Labute approximate surface area is 125 Å². The number of benzene rings is 1. The Balaban J connectivity index is 1.54. The Hall–Kier alpha value is -0.620. The van der Waals surface area contributed by atoms with Crippen molar-refractivity contribution in [3.8, 4) is 0 Å². The normalized spacial score (nSPS) is 22.1. The highest BCUT2D eigenvalue weighted by atomic mass is 35.5. The van der Waals surface area contributed by atoms with Gasteiger partial charge in [0.05, 0.1) is 5.25 Å². The fraction of sp³-hybridized carbons (Fsp3) is 0.571. The highest BCUT2D eigenvalue weighted by Crippen LogP contribution is 2.31. The Morgan fingerprint density at radius 2 is 1.65 bits per heavy atom. The summed E-state index contributed by atoms with van der Waals surface area (Å²) in [6.45, 7) is 3.69. The molecular formula is C14H19ClN2O2S. The Morgan fingerprint density at radius 1 is 1.05 bits per heavy atom. The lowest BCUT2D eigenvalue weighted by molar-refractivity contribution is 0.181. The summed E-state index contributed by atoms with van der Waals surface area (Å²) in [6, 6.07) is 7.83. The molecule has 1 aromatic rings. The molecule has 2 aliphatic rings. The fourth-order valence-electron chi connectivity index (χ4n) is 2.57. The van der Waals surface area contributed by atoms with E-state index < -0.39 is 10.0 Å². The average Bonchev–Trinajstić information content (AvgIpc) is 3.27. The van der Waals surface area contributed by atoms with Crippen LogP contribution in [0.2, 0.25) is 5.02 Å². The summed E-state index contributed by atoms with van der Waals surface area (Å²) in [7, 11) is -3.00. The van der Waals surface area contributed by atoms with Crippen molar-refractivity contribution in [1.82, 2.24) is 9.21 Å². The van der Waals surface area contributed by atoms with E-state index in [1.165, 1.54) is 5.56 Å². The molecule has 1 aliphatic carbocycles. The van der Waals surface area contributed by atoms with Crippen molar-refractivity contribution in [3.63, 3.8) is 0 Å². The summed E-state index contributed by atoms with van der Waals surface area (Å²) in [4.78, 5) is 2.29. The summed E-state index contributed by atoms with van der Waals surface area (Å²) in [5.74, 6) is 0. The monoisotopic (exact) mass is 314 g/mol. The van der Waals surface area contributed by atoms with Crippen LogP contribution < -0.4 is 0 Å². The molecule has 4 nitrogen and oxygen atoms in total. The van der Waals surface area contributed by atoms with Crippen molar-refractivity contribution in [2.75, 3.05) is 26.2 Å². The second-order valence-electron chi connectivity index (χ2n) is 5.55. The number of hydrogen-bond acceptors (Lipinski definition) is 3. The molecule has 20 heavy (non-hydrogen) atoms. The van der Waals surface area contributed by atoms with E-state index in [4.69, 9.17) is 11.6 Å². The predicted molar refractivity (Wildman–Crippen MR) is 80.2 cm³/mol. The molecular weight excluding hydrogens is 296 g/mol. The smallest absolute Gasteiger partial charge is 0.217 e. The molecule has 1 heterocycles. The van der Waals surface area contributed by atoms with E-state index in [1.54, 1.807) is 4.31 Å². The molecule has 0 bridgehead atoms. The number of halogens is 1. The van der Waals surface area contributed by atoms with Crippen LogP contribution in [0.1, 0.15) is 18.4 Å². The fourth-order valence-corrected chi connectivity index (χ4v) is 4.52. The summed E-state index contributed by atoms with van der Waals surface area (Å²) < 4.78 is 26.0. The van der Waals surface area contributed by atoms with Crippen molar-refractivity contribution in [2.24, 2.45) is 0 Å². The molecule has 0 amide bonds. The number of nitrogens with zero attached hydrogens (tertiary/aromatic N) is 2. The zero-order valence-corrected chi connectivity index (χ0v) is 12.9. The van der Waals surface area contributed by atoms with Gasteiger partial charge in [-0.3, -0.25) is 4.90 Å². The lowest BCUT2D eigenvalue weighted by Crippen LogP contribution is -2.49. The lowest BCUT2D eigenvalue weighted by atomic mass is 10.2. The standard InChI is InChI=1S/C14H19ClN2O2S/c15-13-3-1-12(2-4-13)11-16-7-9-17(10-8-16)20(18,19)14-5-6-14/h1-4,14H,5-11H2. The number of rotatable bonds is 4. The van der Waals surface area contributed by atoms with Crippen LogP contribution in [0.25, 0.3) is 0 Å². The third kappa shape index (κ3) is 3.17. The average molecular weight is 315 g/mol. The van der Waals surface area contributed by atoms with Gasteiger partial charge in [0, 0.05) is 37.7 Å². The van der Waals surface area contributed by atoms with Gasteiger partial charge in [0.15, 0.2) is 0 Å². The van der Waals surface area contributed by atoms with Crippen molar-refractivity contribution in [3.05, 3.63) is 34.9 Å². The number of piperazine rings is 1. The molecule has 110 valence electrons. The lowest BCUT2D eigenvalue weighted by Gasteiger charge is -2.34. The second-order valence-corrected chi connectivity index (χ2v) is 8.20. The van der Waals surface area contributed by atoms with Crippen molar-refractivity contribution < 1.29 is 8.42 Å². The first-order valence-electron chi connectivity index (χ1n) is 7.01. The van der Waals surface area contributed by atoms with E-state index in [1.807, 2.05) is 24.3 Å². The molecule has 0 radical (unpaired) electrons. The zero-order valence-electron chi connectivity index (χ0n) is 11.3. The van der Waals surface area contributed by atoms with Gasteiger partial charge in [-0.25, -0.2) is 8.42 Å². The molecule has 0 unspecified atom stereocenters. The van der Waals surface area contributed by atoms with Gasteiger partial charge in [0.25, 0.3) is 0 Å². The third-order valence-electron chi connectivity index (χ3n) is 3.96. The molecule has 0 aromatic heterocycles. The Bertz CT molecular complexity index is 561. The first-order chi connectivity index (χ1) is 9.55. The maximum absolute atomic E-state index is 12.1. The van der Waals surface area contributed by atoms with Crippen LogP contribution >= 0.6 is 11.6 Å². The molecule has 0 atom stereocenters. The predicted octanol–water partition coefficient (Wildman–Crippen LogP) is 1.95. The van der Waals surface area contributed by atoms with E-state index in [2.05, 4.69) is 4.90 Å². The molecule has 0 spiro atoms. The zero-order chi connectivity index (χ0) is 14.2. The molecule has 1 saturated heterocycles. The van der Waals surface area contributed by atoms with Gasteiger partial charge in [-0.1, -0.05) is 23.7 Å². The van der Waals surface area contributed by atoms with Crippen LogP contribution in [-0.4, -0.2) is 49.1 Å². The van der Waals surface area contributed by atoms with Crippen LogP contribution in [0.4, 0.5) is 0 Å². The summed E-state index contributed by atoms with van der Waals surface area (Å²) >= 11 is 5.87. The second kappa shape index (κ2) is 5.64. The highest BCUT2D eigenvalue weighted by Gasteiger charge is 2.40.